The number of ether oxygens (including phenoxy) is 2. The predicted octanol–water partition coefficient (Wildman–Crippen LogP) is 3.63. The van der Waals surface area contributed by atoms with E-state index in [-0.39, 0.29) is 17.6 Å². The SMILES string of the molecule is CCC(c1ccc(OC)cc1)N1C[C@H]2COc3c(c4nc(C#N)ccc4n(C)c3=O)N2C[C@H]1CC. The number of piperazine rings is 1. The van der Waals surface area contributed by atoms with Gasteiger partial charge in [0.05, 0.1) is 18.7 Å². The van der Waals surface area contributed by atoms with Gasteiger partial charge in [0, 0.05) is 32.2 Å². The van der Waals surface area contributed by atoms with Gasteiger partial charge < -0.3 is 18.9 Å². The lowest BCUT2D eigenvalue weighted by Crippen LogP contribution is -2.62. The summed E-state index contributed by atoms with van der Waals surface area (Å²) in [4.78, 5) is 22.7. The van der Waals surface area contributed by atoms with E-state index >= 15 is 0 Å². The van der Waals surface area contributed by atoms with E-state index in [0.29, 0.717) is 35.1 Å². The second-order valence-electron chi connectivity index (χ2n) is 9.29. The quantitative estimate of drug-likeness (QED) is 0.560. The maximum atomic E-state index is 13.2. The van der Waals surface area contributed by atoms with Gasteiger partial charge >= 0.3 is 0 Å². The number of methoxy groups -OCH3 is 1. The van der Waals surface area contributed by atoms with Crippen molar-refractivity contribution in [2.75, 3.05) is 31.7 Å². The van der Waals surface area contributed by atoms with Crippen LogP contribution in [-0.4, -0.2) is 53.3 Å². The van der Waals surface area contributed by atoms with Crippen LogP contribution in [0.1, 0.15) is 44.0 Å². The number of rotatable bonds is 5. The number of fused-ring (bicyclic) bond motifs is 5. The zero-order chi connectivity index (χ0) is 24.7. The molecule has 0 radical (unpaired) electrons. The van der Waals surface area contributed by atoms with Gasteiger partial charge in [0.1, 0.15) is 35.3 Å². The van der Waals surface area contributed by atoms with Crippen molar-refractivity contribution in [3.63, 3.8) is 0 Å². The largest absolute Gasteiger partial charge is 0.497 e. The van der Waals surface area contributed by atoms with E-state index < -0.39 is 0 Å². The molecule has 0 bridgehead atoms. The summed E-state index contributed by atoms with van der Waals surface area (Å²) >= 11 is 0. The first kappa shape index (κ1) is 23.2. The average molecular weight is 474 g/mol. The molecule has 3 aromatic rings. The zero-order valence-electron chi connectivity index (χ0n) is 20.7. The van der Waals surface area contributed by atoms with Crippen LogP contribution in [0.15, 0.2) is 41.2 Å². The van der Waals surface area contributed by atoms with Crippen LogP contribution in [0.5, 0.6) is 11.5 Å². The summed E-state index contributed by atoms with van der Waals surface area (Å²) in [5.74, 6) is 1.19. The molecule has 182 valence electrons. The van der Waals surface area contributed by atoms with Crippen LogP contribution in [0.3, 0.4) is 0 Å². The van der Waals surface area contributed by atoms with Crippen LogP contribution >= 0.6 is 0 Å². The molecule has 1 fully saturated rings. The Kier molecular flexibility index (Phi) is 6.12. The van der Waals surface area contributed by atoms with E-state index in [4.69, 9.17) is 9.47 Å². The van der Waals surface area contributed by atoms with E-state index in [1.54, 1.807) is 30.9 Å². The van der Waals surface area contributed by atoms with Gasteiger partial charge in [-0.1, -0.05) is 26.0 Å². The molecule has 1 saturated heterocycles. The van der Waals surface area contributed by atoms with Crippen molar-refractivity contribution >= 4 is 16.7 Å². The molecule has 8 heteroatoms. The smallest absolute Gasteiger partial charge is 0.295 e. The van der Waals surface area contributed by atoms with Crippen LogP contribution in [0.4, 0.5) is 5.69 Å². The number of aryl methyl sites for hydroxylation is 1. The monoisotopic (exact) mass is 473 g/mol. The Labute approximate surface area is 205 Å². The lowest BCUT2D eigenvalue weighted by molar-refractivity contribution is 0.0720. The van der Waals surface area contributed by atoms with Gasteiger partial charge in [-0.05, 0) is 42.7 Å². The Bertz CT molecular complexity index is 1340. The third-order valence-corrected chi connectivity index (χ3v) is 7.49. The molecule has 35 heavy (non-hydrogen) atoms. The first-order chi connectivity index (χ1) is 17.0. The highest BCUT2D eigenvalue weighted by Crippen LogP contribution is 2.41. The minimum Gasteiger partial charge on any atom is -0.497 e. The number of hydrogen-bond donors (Lipinski definition) is 0. The fourth-order valence-corrected chi connectivity index (χ4v) is 5.63. The lowest BCUT2D eigenvalue weighted by atomic mass is 9.94. The highest BCUT2D eigenvalue weighted by molar-refractivity contribution is 5.93. The number of hydrogen-bond acceptors (Lipinski definition) is 7. The summed E-state index contributed by atoms with van der Waals surface area (Å²) in [6, 6.07) is 14.6. The van der Waals surface area contributed by atoms with E-state index in [9.17, 15) is 10.1 Å². The van der Waals surface area contributed by atoms with Gasteiger partial charge in [-0.15, -0.1) is 0 Å². The molecule has 5 rings (SSSR count). The van der Waals surface area contributed by atoms with E-state index in [1.807, 2.05) is 12.1 Å². The normalized spacial score (nSPS) is 20.5. The summed E-state index contributed by atoms with van der Waals surface area (Å²) in [7, 11) is 3.41. The lowest BCUT2D eigenvalue weighted by Gasteiger charge is -2.51. The molecule has 2 aliphatic rings. The third kappa shape index (κ3) is 3.80. The molecule has 0 spiro atoms. The molecular formula is C27H31N5O3. The van der Waals surface area contributed by atoms with E-state index in [1.165, 1.54) is 5.56 Å². The van der Waals surface area contributed by atoms with Crippen molar-refractivity contribution in [2.24, 2.45) is 7.05 Å². The Morgan fingerprint density at radius 2 is 1.97 bits per heavy atom. The highest BCUT2D eigenvalue weighted by Gasteiger charge is 2.42. The van der Waals surface area contributed by atoms with Crippen molar-refractivity contribution in [1.29, 1.82) is 5.26 Å². The van der Waals surface area contributed by atoms with Crippen molar-refractivity contribution < 1.29 is 9.47 Å². The maximum Gasteiger partial charge on any atom is 0.295 e. The van der Waals surface area contributed by atoms with Crippen LogP contribution in [0, 0.1) is 11.3 Å². The second kappa shape index (κ2) is 9.23. The summed E-state index contributed by atoms with van der Waals surface area (Å²) in [5, 5.41) is 9.46. The molecule has 0 N–H and O–H groups in total. The van der Waals surface area contributed by atoms with Gasteiger partial charge in [-0.2, -0.15) is 5.26 Å². The molecule has 0 amide bonds. The number of nitriles is 1. The Balaban J connectivity index is 1.56. The topological polar surface area (TPSA) is 83.6 Å². The molecule has 2 aliphatic heterocycles. The fourth-order valence-electron chi connectivity index (χ4n) is 5.63. The molecule has 3 atom stereocenters. The van der Waals surface area contributed by atoms with Crippen LogP contribution < -0.4 is 19.9 Å². The Hall–Kier alpha value is -3.57. The average Bonchev–Trinajstić information content (AvgIpc) is 2.91. The van der Waals surface area contributed by atoms with E-state index in [0.717, 1.165) is 37.4 Å². The molecule has 1 unspecified atom stereocenters. The highest BCUT2D eigenvalue weighted by atomic mass is 16.5. The summed E-state index contributed by atoms with van der Waals surface area (Å²) in [5.41, 5.74) is 3.52. The third-order valence-electron chi connectivity index (χ3n) is 7.49. The van der Waals surface area contributed by atoms with Crippen molar-refractivity contribution in [1.82, 2.24) is 14.5 Å². The van der Waals surface area contributed by atoms with Crippen LogP contribution in [0.25, 0.3) is 11.0 Å². The summed E-state index contributed by atoms with van der Waals surface area (Å²) in [6.07, 6.45) is 1.97. The van der Waals surface area contributed by atoms with Crippen molar-refractivity contribution in [3.8, 4) is 17.6 Å². The fraction of sp³-hybridized carbons (Fsp3) is 0.444. The Morgan fingerprint density at radius 3 is 2.63 bits per heavy atom. The van der Waals surface area contributed by atoms with Gasteiger partial charge in [0.15, 0.2) is 0 Å². The molecule has 1 aromatic carbocycles. The van der Waals surface area contributed by atoms with Crippen LogP contribution in [-0.2, 0) is 7.05 Å². The Morgan fingerprint density at radius 1 is 1.20 bits per heavy atom. The number of pyridine rings is 2. The summed E-state index contributed by atoms with van der Waals surface area (Å²) < 4.78 is 13.0. The van der Waals surface area contributed by atoms with E-state index in [2.05, 4.69) is 46.8 Å². The first-order valence-corrected chi connectivity index (χ1v) is 12.2. The second-order valence-corrected chi connectivity index (χ2v) is 9.29. The number of nitrogens with zero attached hydrogens (tertiary/aromatic N) is 5. The van der Waals surface area contributed by atoms with Crippen molar-refractivity contribution in [3.05, 3.63) is 58.0 Å². The van der Waals surface area contributed by atoms with Gasteiger partial charge in [0.25, 0.3) is 5.56 Å². The number of benzene rings is 1. The molecular weight excluding hydrogens is 442 g/mol. The molecule has 2 aromatic heterocycles. The molecule has 0 saturated carbocycles. The van der Waals surface area contributed by atoms with Crippen LogP contribution in [0.2, 0.25) is 0 Å². The molecule has 0 aliphatic carbocycles. The van der Waals surface area contributed by atoms with Gasteiger partial charge in [-0.25, -0.2) is 4.98 Å². The minimum atomic E-state index is -0.169. The summed E-state index contributed by atoms with van der Waals surface area (Å²) in [6.45, 7) is 6.47. The van der Waals surface area contributed by atoms with Gasteiger partial charge in [-0.3, -0.25) is 9.69 Å². The standard InChI is InChI=1S/C27H31N5O3/c1-5-19-14-32-20(15-31(19)22(6-2)17-7-10-21(34-4)11-8-17)16-35-26-25(32)24-23(30(3)27(26)33)12-9-18(13-28)29-24/h7-12,19-20,22H,5-6,14-16H2,1-4H3/t19-,20+,22?/m1/s1. The number of aromatic nitrogens is 2. The predicted molar refractivity (Wildman–Crippen MR) is 135 cm³/mol. The first-order valence-electron chi connectivity index (χ1n) is 12.2. The maximum absolute atomic E-state index is 13.2. The minimum absolute atomic E-state index is 0.0837. The zero-order valence-corrected chi connectivity index (χ0v) is 20.7. The molecule has 4 heterocycles. The van der Waals surface area contributed by atoms with Gasteiger partial charge in [0.2, 0.25) is 5.75 Å². The van der Waals surface area contributed by atoms with Crippen molar-refractivity contribution in [2.45, 2.75) is 44.8 Å². The number of anilines is 1. The molecule has 8 nitrogen and oxygen atoms in total.